The third-order valence-corrected chi connectivity index (χ3v) is 3.95. The van der Waals surface area contributed by atoms with Gasteiger partial charge in [-0.15, -0.1) is 0 Å². The van der Waals surface area contributed by atoms with Crippen molar-refractivity contribution >= 4 is 10.9 Å². The largest absolute Gasteiger partial charge is 0.380 e. The highest BCUT2D eigenvalue weighted by molar-refractivity contribution is 5.86. The molecule has 1 aromatic heterocycles. The first kappa shape index (κ1) is 15.1. The van der Waals surface area contributed by atoms with Gasteiger partial charge >= 0.3 is 0 Å². The van der Waals surface area contributed by atoms with Crippen molar-refractivity contribution in [1.29, 1.82) is 0 Å². The van der Waals surface area contributed by atoms with Crippen molar-refractivity contribution in [2.24, 2.45) is 0 Å². The molecule has 1 N–H and O–H groups in total. The van der Waals surface area contributed by atoms with Crippen LogP contribution in [0.2, 0.25) is 0 Å². The van der Waals surface area contributed by atoms with Crippen molar-refractivity contribution in [3.63, 3.8) is 0 Å². The van der Waals surface area contributed by atoms with E-state index in [0.29, 0.717) is 0 Å². The second-order valence-corrected chi connectivity index (χ2v) is 5.19. The summed E-state index contributed by atoms with van der Waals surface area (Å²) in [6, 6.07) is 6.78. The molecule has 3 heteroatoms. The van der Waals surface area contributed by atoms with E-state index in [2.05, 4.69) is 48.9 Å². The lowest BCUT2D eigenvalue weighted by atomic mass is 10.1. The molecular formula is C17H26N2O. The van der Waals surface area contributed by atoms with E-state index in [9.17, 15) is 0 Å². The fourth-order valence-corrected chi connectivity index (χ4v) is 2.66. The van der Waals surface area contributed by atoms with Crippen LogP contribution < -0.4 is 5.32 Å². The molecule has 1 heterocycles. The second-order valence-electron chi connectivity index (χ2n) is 5.19. The molecule has 0 amide bonds. The number of hydrogen-bond donors (Lipinski definition) is 1. The molecule has 0 saturated carbocycles. The third kappa shape index (κ3) is 3.05. The van der Waals surface area contributed by atoms with Crippen LogP contribution in [0.25, 0.3) is 10.9 Å². The van der Waals surface area contributed by atoms with Gasteiger partial charge in [-0.1, -0.05) is 13.0 Å². The summed E-state index contributed by atoms with van der Waals surface area (Å²) in [6.45, 7) is 13.0. The molecule has 0 aliphatic heterocycles. The van der Waals surface area contributed by atoms with Crippen LogP contribution in [0.1, 0.15) is 30.7 Å². The van der Waals surface area contributed by atoms with Crippen LogP contribution in [0.5, 0.6) is 0 Å². The molecule has 2 rings (SSSR count). The van der Waals surface area contributed by atoms with E-state index in [1.54, 1.807) is 0 Å². The topological polar surface area (TPSA) is 26.2 Å². The van der Waals surface area contributed by atoms with Gasteiger partial charge in [-0.05, 0) is 50.6 Å². The summed E-state index contributed by atoms with van der Waals surface area (Å²) >= 11 is 0. The average molecular weight is 274 g/mol. The first-order valence-corrected chi connectivity index (χ1v) is 7.55. The Morgan fingerprint density at radius 2 is 2.00 bits per heavy atom. The molecule has 0 saturated heterocycles. The van der Waals surface area contributed by atoms with Crippen molar-refractivity contribution in [2.75, 3.05) is 19.8 Å². The Kier molecular flexibility index (Phi) is 5.21. The van der Waals surface area contributed by atoms with E-state index in [1.807, 2.05) is 6.92 Å². The van der Waals surface area contributed by atoms with E-state index >= 15 is 0 Å². The van der Waals surface area contributed by atoms with E-state index in [4.69, 9.17) is 4.74 Å². The summed E-state index contributed by atoms with van der Waals surface area (Å²) in [5.41, 5.74) is 5.40. The number of nitrogens with zero attached hydrogens (tertiary/aromatic N) is 1. The molecule has 0 atom stereocenters. The Morgan fingerprint density at radius 1 is 1.20 bits per heavy atom. The zero-order chi connectivity index (χ0) is 14.5. The first-order chi connectivity index (χ1) is 9.69. The van der Waals surface area contributed by atoms with Crippen molar-refractivity contribution < 1.29 is 4.74 Å². The lowest BCUT2D eigenvalue weighted by Crippen LogP contribution is -2.11. The summed E-state index contributed by atoms with van der Waals surface area (Å²) in [5, 5.41) is 4.76. The summed E-state index contributed by atoms with van der Waals surface area (Å²) in [4.78, 5) is 0. The Morgan fingerprint density at radius 3 is 2.70 bits per heavy atom. The zero-order valence-corrected chi connectivity index (χ0v) is 13.1. The molecule has 0 bridgehead atoms. The minimum absolute atomic E-state index is 0.777. The van der Waals surface area contributed by atoms with Crippen LogP contribution in [0, 0.1) is 13.8 Å². The van der Waals surface area contributed by atoms with Crippen LogP contribution in [-0.4, -0.2) is 24.3 Å². The fraction of sp³-hybridized carbons (Fsp3) is 0.529. The van der Waals surface area contributed by atoms with Crippen molar-refractivity contribution in [1.82, 2.24) is 9.88 Å². The lowest BCUT2D eigenvalue weighted by molar-refractivity contribution is 0.139. The lowest BCUT2D eigenvalue weighted by Gasteiger charge is -2.09. The third-order valence-electron chi connectivity index (χ3n) is 3.95. The Hall–Kier alpha value is -1.32. The molecule has 0 radical (unpaired) electrons. The van der Waals surface area contributed by atoms with Gasteiger partial charge in [-0.2, -0.15) is 0 Å². The number of fused-ring (bicyclic) bond motifs is 1. The van der Waals surface area contributed by atoms with Gasteiger partial charge in [0.05, 0.1) is 6.61 Å². The van der Waals surface area contributed by atoms with Crippen molar-refractivity contribution in [3.8, 4) is 0 Å². The van der Waals surface area contributed by atoms with Gasteiger partial charge in [-0.25, -0.2) is 0 Å². The Labute approximate surface area is 121 Å². The molecule has 0 spiro atoms. The molecule has 0 aliphatic carbocycles. The average Bonchev–Trinajstić information content (AvgIpc) is 2.70. The predicted octanol–water partition coefficient (Wildman–Crippen LogP) is 3.40. The van der Waals surface area contributed by atoms with Gasteiger partial charge < -0.3 is 14.6 Å². The summed E-state index contributed by atoms with van der Waals surface area (Å²) in [7, 11) is 0. The van der Waals surface area contributed by atoms with E-state index < -0.39 is 0 Å². The van der Waals surface area contributed by atoms with Gasteiger partial charge in [0, 0.05) is 36.3 Å². The highest BCUT2D eigenvalue weighted by atomic mass is 16.5. The summed E-state index contributed by atoms with van der Waals surface area (Å²) in [6.07, 6.45) is 0. The molecule has 20 heavy (non-hydrogen) atoms. The molecule has 0 unspecified atom stereocenters. The molecule has 3 nitrogen and oxygen atoms in total. The number of benzene rings is 1. The number of rotatable bonds is 7. The molecule has 1 aromatic carbocycles. The quantitative estimate of drug-likeness (QED) is 0.783. The summed E-state index contributed by atoms with van der Waals surface area (Å²) < 4.78 is 7.87. The van der Waals surface area contributed by atoms with Crippen molar-refractivity contribution in [3.05, 3.63) is 35.0 Å². The van der Waals surface area contributed by atoms with Gasteiger partial charge in [0.25, 0.3) is 0 Å². The van der Waals surface area contributed by atoms with Crippen molar-refractivity contribution in [2.45, 2.75) is 40.8 Å². The second kappa shape index (κ2) is 6.91. The molecule has 110 valence electrons. The van der Waals surface area contributed by atoms with E-state index in [-0.39, 0.29) is 0 Å². The zero-order valence-electron chi connectivity index (χ0n) is 13.1. The number of aromatic nitrogens is 1. The van der Waals surface area contributed by atoms with Crippen LogP contribution in [-0.2, 0) is 17.8 Å². The standard InChI is InChI=1S/C17H26N2O/c1-5-18-12-15-7-8-17-16(11-15)13(3)14(4)19(17)9-10-20-6-2/h7-8,11,18H,5-6,9-10,12H2,1-4H3. The molecular weight excluding hydrogens is 248 g/mol. The SMILES string of the molecule is CCNCc1ccc2c(c1)c(C)c(C)n2CCOCC. The van der Waals surface area contributed by atoms with E-state index in [1.165, 1.54) is 27.7 Å². The number of nitrogens with one attached hydrogen (secondary N) is 1. The van der Waals surface area contributed by atoms with Gasteiger partial charge in [0.2, 0.25) is 0 Å². The van der Waals surface area contributed by atoms with Gasteiger partial charge in [0.15, 0.2) is 0 Å². The van der Waals surface area contributed by atoms with Gasteiger partial charge in [-0.3, -0.25) is 0 Å². The molecule has 0 aliphatic rings. The van der Waals surface area contributed by atoms with Gasteiger partial charge in [0.1, 0.15) is 0 Å². The van der Waals surface area contributed by atoms with Crippen LogP contribution in [0.15, 0.2) is 18.2 Å². The van der Waals surface area contributed by atoms with Crippen LogP contribution in [0.4, 0.5) is 0 Å². The maximum absolute atomic E-state index is 5.50. The van der Waals surface area contributed by atoms with E-state index in [0.717, 1.165) is 32.8 Å². The highest BCUT2D eigenvalue weighted by Crippen LogP contribution is 2.26. The minimum atomic E-state index is 0.777. The normalized spacial score (nSPS) is 11.4. The number of ether oxygens (including phenoxy) is 1. The smallest absolute Gasteiger partial charge is 0.0645 e. The van der Waals surface area contributed by atoms with Crippen LogP contribution >= 0.6 is 0 Å². The Bertz CT molecular complexity index is 572. The minimum Gasteiger partial charge on any atom is -0.380 e. The first-order valence-electron chi connectivity index (χ1n) is 7.55. The number of hydrogen-bond acceptors (Lipinski definition) is 2. The predicted molar refractivity (Wildman–Crippen MR) is 85.3 cm³/mol. The summed E-state index contributed by atoms with van der Waals surface area (Å²) in [5.74, 6) is 0. The monoisotopic (exact) mass is 274 g/mol. The number of aryl methyl sites for hydroxylation is 1. The van der Waals surface area contributed by atoms with Crippen LogP contribution in [0.3, 0.4) is 0 Å². The fourth-order valence-electron chi connectivity index (χ4n) is 2.66. The highest BCUT2D eigenvalue weighted by Gasteiger charge is 2.11. The molecule has 0 fully saturated rings. The maximum Gasteiger partial charge on any atom is 0.0645 e. The maximum atomic E-state index is 5.50. The Balaban J connectivity index is 2.32. The molecule has 2 aromatic rings.